The molecule has 0 atom stereocenters. The summed E-state index contributed by atoms with van der Waals surface area (Å²) in [5.74, 6) is 0.499. The molecule has 0 aliphatic heterocycles. The third-order valence-corrected chi connectivity index (χ3v) is 6.15. The molecule has 0 bridgehead atoms. The number of anilines is 1. The molecule has 2 aromatic carbocycles. The van der Waals surface area contributed by atoms with E-state index in [0.717, 1.165) is 16.3 Å². The molecule has 0 saturated carbocycles. The van der Waals surface area contributed by atoms with Gasteiger partial charge >= 0.3 is 0 Å². The van der Waals surface area contributed by atoms with Crippen LogP contribution in [0.1, 0.15) is 38.4 Å². The Morgan fingerprint density at radius 3 is 2.27 bits per heavy atom. The Kier molecular flexibility index (Phi) is 6.56. The molecule has 30 heavy (non-hydrogen) atoms. The molecular weight excluding hydrogens is 394 g/mol. The highest BCUT2D eigenvalue weighted by Gasteiger charge is 2.18. The average molecular weight is 424 g/mol. The second-order valence-corrected chi connectivity index (χ2v) is 9.53. The predicted molar refractivity (Wildman–Crippen MR) is 125 cm³/mol. The van der Waals surface area contributed by atoms with Crippen LogP contribution in [0.15, 0.2) is 64.3 Å². The number of hydrogen-bond donors (Lipinski definition) is 1. The number of hydrogen-bond acceptors (Lipinski definition) is 3. The summed E-state index contributed by atoms with van der Waals surface area (Å²) in [6.07, 6.45) is 0.338. The van der Waals surface area contributed by atoms with E-state index in [0.29, 0.717) is 17.9 Å². The van der Waals surface area contributed by atoms with Crippen molar-refractivity contribution in [1.29, 1.82) is 0 Å². The lowest BCUT2D eigenvalue weighted by atomic mass is 9.87. The largest absolute Gasteiger partial charge is 0.320 e. The molecule has 1 N–H and O–H groups in total. The normalized spacial score (nSPS) is 11.5. The van der Waals surface area contributed by atoms with Crippen LogP contribution in [-0.4, -0.2) is 21.0 Å². The summed E-state index contributed by atoms with van der Waals surface area (Å²) in [4.78, 5) is 26.5. The Hall–Kier alpha value is -2.73. The SMILES string of the molecule is Cc1c(NC(=O)CCSc2ccc(C(C)(C)C)cc2)c(=O)n(-c2ccccc2)n1C. The van der Waals surface area contributed by atoms with E-state index in [9.17, 15) is 9.59 Å². The summed E-state index contributed by atoms with van der Waals surface area (Å²) in [6, 6.07) is 17.9. The summed E-state index contributed by atoms with van der Waals surface area (Å²) in [5, 5.41) is 2.82. The van der Waals surface area contributed by atoms with Gasteiger partial charge < -0.3 is 5.32 Å². The molecule has 0 aliphatic carbocycles. The Balaban J connectivity index is 1.62. The van der Waals surface area contributed by atoms with E-state index in [2.05, 4.69) is 50.4 Å². The number of aromatic nitrogens is 2. The lowest BCUT2D eigenvalue weighted by Crippen LogP contribution is -2.23. The average Bonchev–Trinajstić information content (AvgIpc) is 2.91. The van der Waals surface area contributed by atoms with E-state index >= 15 is 0 Å². The van der Waals surface area contributed by atoms with Gasteiger partial charge in [0.05, 0.1) is 11.4 Å². The molecular formula is C24H29N3O2S. The molecule has 3 rings (SSSR count). The van der Waals surface area contributed by atoms with Crippen LogP contribution in [0.5, 0.6) is 0 Å². The van der Waals surface area contributed by atoms with E-state index in [1.807, 2.05) is 44.3 Å². The number of carbonyl (C=O) groups is 1. The first-order chi connectivity index (χ1) is 14.2. The third-order valence-electron chi connectivity index (χ3n) is 5.14. The summed E-state index contributed by atoms with van der Waals surface area (Å²) < 4.78 is 3.33. The van der Waals surface area contributed by atoms with Crippen LogP contribution in [0, 0.1) is 6.92 Å². The fourth-order valence-electron chi connectivity index (χ4n) is 3.23. The monoisotopic (exact) mass is 423 g/mol. The van der Waals surface area contributed by atoms with Gasteiger partial charge in [0.1, 0.15) is 5.69 Å². The maximum atomic E-state index is 12.9. The topological polar surface area (TPSA) is 56.0 Å². The molecule has 1 heterocycles. The summed E-state index contributed by atoms with van der Waals surface area (Å²) >= 11 is 1.64. The molecule has 1 amide bonds. The molecule has 6 heteroatoms. The van der Waals surface area contributed by atoms with E-state index < -0.39 is 0 Å². The van der Waals surface area contributed by atoms with E-state index in [1.54, 1.807) is 21.1 Å². The van der Waals surface area contributed by atoms with Crippen molar-refractivity contribution in [2.24, 2.45) is 7.05 Å². The van der Waals surface area contributed by atoms with Gasteiger partial charge in [-0.2, -0.15) is 0 Å². The number of carbonyl (C=O) groups excluding carboxylic acids is 1. The maximum Gasteiger partial charge on any atom is 0.295 e. The van der Waals surface area contributed by atoms with Gasteiger partial charge in [0.25, 0.3) is 5.56 Å². The van der Waals surface area contributed by atoms with Crippen molar-refractivity contribution < 1.29 is 4.79 Å². The van der Waals surface area contributed by atoms with Crippen LogP contribution in [-0.2, 0) is 17.3 Å². The highest BCUT2D eigenvalue weighted by Crippen LogP contribution is 2.26. The van der Waals surface area contributed by atoms with Crippen molar-refractivity contribution >= 4 is 23.4 Å². The van der Waals surface area contributed by atoms with Crippen molar-refractivity contribution in [3.63, 3.8) is 0 Å². The third kappa shape index (κ3) is 4.87. The number of amides is 1. The highest BCUT2D eigenvalue weighted by molar-refractivity contribution is 7.99. The molecule has 0 radical (unpaired) electrons. The van der Waals surface area contributed by atoms with E-state index in [4.69, 9.17) is 0 Å². The zero-order valence-electron chi connectivity index (χ0n) is 18.2. The minimum atomic E-state index is -0.222. The smallest absolute Gasteiger partial charge is 0.295 e. The zero-order chi connectivity index (χ0) is 21.9. The Bertz CT molecular complexity index is 1070. The van der Waals surface area contributed by atoms with Gasteiger partial charge in [-0.15, -0.1) is 11.8 Å². The number of para-hydroxylation sites is 1. The van der Waals surface area contributed by atoms with Gasteiger partial charge in [0, 0.05) is 24.1 Å². The van der Waals surface area contributed by atoms with Crippen molar-refractivity contribution in [3.05, 3.63) is 76.2 Å². The van der Waals surface area contributed by atoms with Gasteiger partial charge in [-0.25, -0.2) is 4.68 Å². The summed E-state index contributed by atoms with van der Waals surface area (Å²) in [6.45, 7) is 8.41. The first kappa shape index (κ1) is 22.0. The lowest BCUT2D eigenvalue weighted by Gasteiger charge is -2.19. The van der Waals surface area contributed by atoms with Gasteiger partial charge in [-0.1, -0.05) is 51.1 Å². The van der Waals surface area contributed by atoms with Crippen LogP contribution in [0.4, 0.5) is 5.69 Å². The molecule has 1 aromatic heterocycles. The molecule has 0 fully saturated rings. The molecule has 5 nitrogen and oxygen atoms in total. The first-order valence-corrected chi connectivity index (χ1v) is 11.0. The van der Waals surface area contributed by atoms with Crippen LogP contribution >= 0.6 is 11.8 Å². The van der Waals surface area contributed by atoms with E-state index in [1.165, 1.54) is 5.56 Å². The highest BCUT2D eigenvalue weighted by atomic mass is 32.2. The van der Waals surface area contributed by atoms with E-state index in [-0.39, 0.29) is 16.9 Å². The number of rotatable bonds is 6. The molecule has 158 valence electrons. The number of nitrogens with one attached hydrogen (secondary N) is 1. The Morgan fingerprint density at radius 1 is 1.03 bits per heavy atom. The van der Waals surface area contributed by atoms with Crippen molar-refractivity contribution in [2.75, 3.05) is 11.1 Å². The fraction of sp³-hybridized carbons (Fsp3) is 0.333. The maximum absolute atomic E-state index is 12.9. The van der Waals surface area contributed by atoms with Crippen molar-refractivity contribution in [2.45, 2.75) is 44.4 Å². The van der Waals surface area contributed by atoms with Gasteiger partial charge in [0.2, 0.25) is 5.91 Å². The standard InChI is InChI=1S/C24H29N3O2S/c1-17-22(23(29)27(26(17)5)19-9-7-6-8-10-19)25-21(28)15-16-30-20-13-11-18(12-14-20)24(2,3)4/h6-14H,15-16H2,1-5H3,(H,25,28). The molecule has 0 spiro atoms. The van der Waals surface area contributed by atoms with Crippen LogP contribution in [0.2, 0.25) is 0 Å². The minimum absolute atomic E-state index is 0.128. The molecule has 0 unspecified atom stereocenters. The van der Waals surface area contributed by atoms with Gasteiger partial charge in [-0.3, -0.25) is 14.3 Å². The second kappa shape index (κ2) is 8.96. The number of thioether (sulfide) groups is 1. The van der Waals surface area contributed by atoms with Crippen molar-refractivity contribution in [1.82, 2.24) is 9.36 Å². The fourth-order valence-corrected chi connectivity index (χ4v) is 4.08. The first-order valence-electron chi connectivity index (χ1n) is 10.1. The van der Waals surface area contributed by atoms with Crippen LogP contribution < -0.4 is 10.9 Å². The van der Waals surface area contributed by atoms with Gasteiger partial charge in [0.15, 0.2) is 0 Å². The quantitative estimate of drug-likeness (QED) is 0.574. The predicted octanol–water partition coefficient (Wildman–Crippen LogP) is 4.90. The molecule has 0 aliphatic rings. The number of benzene rings is 2. The lowest BCUT2D eigenvalue weighted by molar-refractivity contribution is -0.115. The van der Waals surface area contributed by atoms with Gasteiger partial charge in [-0.05, 0) is 42.2 Å². The second-order valence-electron chi connectivity index (χ2n) is 8.36. The number of nitrogens with zero attached hydrogens (tertiary/aromatic N) is 2. The van der Waals surface area contributed by atoms with Crippen LogP contribution in [0.3, 0.4) is 0 Å². The molecule has 0 saturated heterocycles. The molecule has 3 aromatic rings. The van der Waals surface area contributed by atoms with Crippen LogP contribution in [0.25, 0.3) is 5.69 Å². The Labute approximate surface area is 182 Å². The summed E-state index contributed by atoms with van der Waals surface area (Å²) in [5.41, 5.74) is 3.03. The Morgan fingerprint density at radius 2 is 1.67 bits per heavy atom. The zero-order valence-corrected chi connectivity index (χ0v) is 19.0. The van der Waals surface area contributed by atoms with Crippen molar-refractivity contribution in [3.8, 4) is 5.69 Å². The summed E-state index contributed by atoms with van der Waals surface area (Å²) in [7, 11) is 1.82. The minimum Gasteiger partial charge on any atom is -0.320 e.